The van der Waals surface area contributed by atoms with E-state index in [2.05, 4.69) is 25.8 Å². The van der Waals surface area contributed by atoms with Gasteiger partial charge in [-0.15, -0.1) is 0 Å². The van der Waals surface area contributed by atoms with Crippen molar-refractivity contribution in [3.05, 3.63) is 35.6 Å². The maximum Gasteiger partial charge on any atom is 0.123 e. The van der Waals surface area contributed by atoms with E-state index >= 15 is 0 Å². The highest BCUT2D eigenvalue weighted by molar-refractivity contribution is 5.19. The van der Waals surface area contributed by atoms with E-state index in [9.17, 15) is 4.39 Å². The van der Waals surface area contributed by atoms with Crippen molar-refractivity contribution in [2.24, 2.45) is 0 Å². The van der Waals surface area contributed by atoms with E-state index in [4.69, 9.17) is 0 Å². The van der Waals surface area contributed by atoms with Crippen LogP contribution in [-0.2, 0) is 0 Å². The van der Waals surface area contributed by atoms with E-state index in [-0.39, 0.29) is 5.82 Å². The molecule has 0 radical (unpaired) electrons. The first kappa shape index (κ1) is 14.2. The lowest BCUT2D eigenvalue weighted by Crippen LogP contribution is -2.22. The Morgan fingerprint density at radius 3 is 2.41 bits per heavy atom. The van der Waals surface area contributed by atoms with Crippen molar-refractivity contribution in [1.29, 1.82) is 0 Å². The second-order valence-electron chi connectivity index (χ2n) is 4.90. The van der Waals surface area contributed by atoms with Gasteiger partial charge in [0.15, 0.2) is 0 Å². The number of rotatable bonds is 7. The molecule has 1 unspecified atom stereocenters. The highest BCUT2D eigenvalue weighted by Gasteiger charge is 2.07. The fourth-order valence-corrected chi connectivity index (χ4v) is 1.91. The van der Waals surface area contributed by atoms with Crippen molar-refractivity contribution < 1.29 is 4.39 Å². The van der Waals surface area contributed by atoms with Crippen LogP contribution in [0.5, 0.6) is 0 Å². The van der Waals surface area contributed by atoms with Crippen LogP contribution in [0.2, 0.25) is 0 Å². The third-order valence-electron chi connectivity index (χ3n) is 3.28. The molecule has 0 amide bonds. The lowest BCUT2D eigenvalue weighted by Gasteiger charge is -2.19. The molecule has 1 rings (SSSR count). The van der Waals surface area contributed by atoms with Crippen LogP contribution in [0.15, 0.2) is 24.3 Å². The van der Waals surface area contributed by atoms with Crippen LogP contribution in [-0.4, -0.2) is 25.0 Å². The molecule has 17 heavy (non-hydrogen) atoms. The largest absolute Gasteiger partial charge is 0.306 e. The van der Waals surface area contributed by atoms with Crippen molar-refractivity contribution in [3.8, 4) is 0 Å². The molecule has 0 heterocycles. The van der Waals surface area contributed by atoms with Crippen molar-refractivity contribution in [2.75, 3.05) is 20.1 Å². The van der Waals surface area contributed by atoms with Gasteiger partial charge in [0.05, 0.1) is 0 Å². The molecule has 0 N–H and O–H groups in total. The van der Waals surface area contributed by atoms with Gasteiger partial charge in [-0.1, -0.05) is 32.4 Å². The lowest BCUT2D eigenvalue weighted by atomic mass is 9.97. The number of hydrogen-bond donors (Lipinski definition) is 0. The summed E-state index contributed by atoms with van der Waals surface area (Å²) >= 11 is 0. The molecule has 0 saturated carbocycles. The van der Waals surface area contributed by atoms with Crippen molar-refractivity contribution in [1.82, 2.24) is 4.90 Å². The maximum absolute atomic E-state index is 12.8. The highest BCUT2D eigenvalue weighted by Crippen LogP contribution is 2.19. The Balaban J connectivity index is 2.34. The minimum absolute atomic E-state index is 0.152. The van der Waals surface area contributed by atoms with Crippen LogP contribution in [0.1, 0.15) is 44.6 Å². The van der Waals surface area contributed by atoms with E-state index < -0.39 is 0 Å². The summed E-state index contributed by atoms with van der Waals surface area (Å²) in [5.41, 5.74) is 1.23. The smallest absolute Gasteiger partial charge is 0.123 e. The van der Waals surface area contributed by atoms with E-state index in [1.807, 2.05) is 12.1 Å². The standard InChI is InChI=1S/C15H24FN/c1-4-5-11-17(3)12-10-13(2)14-6-8-15(16)9-7-14/h6-9,13H,4-5,10-12H2,1-3H3. The molecular weight excluding hydrogens is 213 g/mol. The van der Waals surface area contributed by atoms with Crippen LogP contribution in [0.4, 0.5) is 4.39 Å². The summed E-state index contributed by atoms with van der Waals surface area (Å²) in [5.74, 6) is 0.348. The highest BCUT2D eigenvalue weighted by atomic mass is 19.1. The normalized spacial score (nSPS) is 13.0. The van der Waals surface area contributed by atoms with Crippen LogP contribution in [0.25, 0.3) is 0 Å². The lowest BCUT2D eigenvalue weighted by molar-refractivity contribution is 0.315. The fraction of sp³-hybridized carbons (Fsp3) is 0.600. The van der Waals surface area contributed by atoms with Crippen LogP contribution < -0.4 is 0 Å². The van der Waals surface area contributed by atoms with E-state index in [0.717, 1.165) is 13.0 Å². The Morgan fingerprint density at radius 2 is 1.82 bits per heavy atom. The van der Waals surface area contributed by atoms with E-state index in [1.54, 1.807) is 12.1 Å². The van der Waals surface area contributed by atoms with Crippen molar-refractivity contribution >= 4 is 0 Å². The molecule has 0 aliphatic heterocycles. The molecule has 1 atom stereocenters. The topological polar surface area (TPSA) is 3.24 Å². The molecule has 0 aliphatic carbocycles. The molecule has 2 heteroatoms. The molecule has 1 nitrogen and oxygen atoms in total. The first-order chi connectivity index (χ1) is 8.13. The van der Waals surface area contributed by atoms with Crippen LogP contribution in [0, 0.1) is 5.82 Å². The van der Waals surface area contributed by atoms with Gasteiger partial charge in [-0.25, -0.2) is 4.39 Å². The average Bonchev–Trinajstić information content (AvgIpc) is 2.34. The van der Waals surface area contributed by atoms with Crippen LogP contribution in [0.3, 0.4) is 0 Å². The molecule has 0 bridgehead atoms. The Morgan fingerprint density at radius 1 is 1.18 bits per heavy atom. The van der Waals surface area contributed by atoms with Crippen molar-refractivity contribution in [2.45, 2.75) is 39.0 Å². The predicted molar refractivity (Wildman–Crippen MR) is 71.8 cm³/mol. The quantitative estimate of drug-likeness (QED) is 0.691. The first-order valence-corrected chi connectivity index (χ1v) is 6.57. The summed E-state index contributed by atoms with van der Waals surface area (Å²) in [5, 5.41) is 0. The van der Waals surface area contributed by atoms with E-state index in [0.29, 0.717) is 5.92 Å². The summed E-state index contributed by atoms with van der Waals surface area (Å²) in [7, 11) is 2.17. The molecule has 0 aliphatic rings. The van der Waals surface area contributed by atoms with Gasteiger partial charge in [0.2, 0.25) is 0 Å². The molecule has 96 valence electrons. The van der Waals surface area contributed by atoms with Crippen molar-refractivity contribution in [3.63, 3.8) is 0 Å². The zero-order valence-corrected chi connectivity index (χ0v) is 11.2. The number of unbranched alkanes of at least 4 members (excludes halogenated alkanes) is 1. The average molecular weight is 237 g/mol. The molecule has 1 aromatic rings. The molecule has 0 fully saturated rings. The fourth-order valence-electron chi connectivity index (χ4n) is 1.91. The maximum atomic E-state index is 12.8. The molecular formula is C15H24FN. The van der Waals surface area contributed by atoms with Gasteiger partial charge in [0.1, 0.15) is 5.82 Å². The molecule has 0 aromatic heterocycles. The molecule has 0 spiro atoms. The third-order valence-corrected chi connectivity index (χ3v) is 3.28. The van der Waals surface area contributed by atoms with Gasteiger partial charge in [0.25, 0.3) is 0 Å². The summed E-state index contributed by atoms with van der Waals surface area (Å²) in [6.07, 6.45) is 3.64. The number of nitrogens with zero attached hydrogens (tertiary/aromatic N) is 1. The third kappa shape index (κ3) is 5.31. The van der Waals surface area contributed by atoms with Gasteiger partial charge >= 0.3 is 0 Å². The summed E-state index contributed by atoms with van der Waals surface area (Å²) in [6, 6.07) is 6.89. The summed E-state index contributed by atoms with van der Waals surface area (Å²) in [4.78, 5) is 2.38. The minimum atomic E-state index is -0.152. The Labute approximate surface area is 105 Å². The SMILES string of the molecule is CCCCN(C)CCC(C)c1ccc(F)cc1. The number of benzene rings is 1. The zero-order chi connectivity index (χ0) is 12.7. The van der Waals surface area contributed by atoms with Gasteiger partial charge in [-0.3, -0.25) is 0 Å². The van der Waals surface area contributed by atoms with Crippen LogP contribution >= 0.6 is 0 Å². The van der Waals surface area contributed by atoms with Gasteiger partial charge in [-0.2, -0.15) is 0 Å². The second kappa shape index (κ2) is 7.44. The summed E-state index contributed by atoms with van der Waals surface area (Å²) in [6.45, 7) is 6.71. The Kier molecular flexibility index (Phi) is 6.20. The van der Waals surface area contributed by atoms with Gasteiger partial charge in [-0.05, 0) is 56.6 Å². The monoisotopic (exact) mass is 237 g/mol. The zero-order valence-electron chi connectivity index (χ0n) is 11.2. The van der Waals surface area contributed by atoms with Gasteiger partial charge in [0, 0.05) is 0 Å². The molecule has 1 aromatic carbocycles. The number of halogens is 1. The Bertz CT molecular complexity index is 307. The predicted octanol–water partition coefficient (Wildman–Crippen LogP) is 4.05. The molecule has 0 saturated heterocycles. The minimum Gasteiger partial charge on any atom is -0.306 e. The Hall–Kier alpha value is -0.890. The van der Waals surface area contributed by atoms with Gasteiger partial charge < -0.3 is 4.90 Å². The van der Waals surface area contributed by atoms with E-state index in [1.165, 1.54) is 24.9 Å². The first-order valence-electron chi connectivity index (χ1n) is 6.57. The second-order valence-corrected chi connectivity index (χ2v) is 4.90. The summed E-state index contributed by atoms with van der Waals surface area (Å²) < 4.78 is 12.8. The number of hydrogen-bond acceptors (Lipinski definition) is 1.